The van der Waals surface area contributed by atoms with Crippen molar-refractivity contribution in [1.29, 1.82) is 0 Å². The summed E-state index contributed by atoms with van der Waals surface area (Å²) in [4.78, 5) is 20.5. The molecule has 1 aromatic carbocycles. The molecule has 128 valence electrons. The molecule has 24 heavy (non-hydrogen) atoms. The highest BCUT2D eigenvalue weighted by Gasteiger charge is 2.28. The predicted molar refractivity (Wildman–Crippen MR) is 97.3 cm³/mol. The minimum Gasteiger partial charge on any atom is -0.375 e. The van der Waals surface area contributed by atoms with Crippen LogP contribution in [0, 0.1) is 13.8 Å². The molecule has 2 atom stereocenters. The molecular formula is C19H24N2O2S. The van der Waals surface area contributed by atoms with Crippen LogP contribution < -0.4 is 0 Å². The van der Waals surface area contributed by atoms with E-state index < -0.39 is 0 Å². The van der Waals surface area contributed by atoms with E-state index in [4.69, 9.17) is 4.74 Å². The van der Waals surface area contributed by atoms with E-state index in [2.05, 4.69) is 36.2 Å². The third-order valence-electron chi connectivity index (χ3n) is 4.37. The normalized spacial score (nSPS) is 21.1. The van der Waals surface area contributed by atoms with E-state index in [-0.39, 0.29) is 18.1 Å². The smallest absolute Gasteiger partial charge is 0.228 e. The Labute approximate surface area is 147 Å². The van der Waals surface area contributed by atoms with Crippen molar-refractivity contribution in [2.75, 3.05) is 13.2 Å². The van der Waals surface area contributed by atoms with Gasteiger partial charge in [-0.3, -0.25) is 4.79 Å². The van der Waals surface area contributed by atoms with Crippen molar-refractivity contribution in [3.63, 3.8) is 0 Å². The molecule has 5 heteroatoms. The fraction of sp³-hybridized carbons (Fsp3) is 0.474. The van der Waals surface area contributed by atoms with E-state index in [1.54, 1.807) is 11.3 Å². The monoisotopic (exact) mass is 344 g/mol. The standard InChI is InChI=1S/C19H24N2O2S/c1-12-5-7-16(8-6-12)19-17(24-15(4)20-19)9-18(22)21-10-14(3)23-11-13(21)2/h5-8,13-14H,9-11H2,1-4H3. The van der Waals surface area contributed by atoms with E-state index in [0.717, 1.165) is 21.1 Å². The van der Waals surface area contributed by atoms with Gasteiger partial charge in [-0.15, -0.1) is 11.3 Å². The summed E-state index contributed by atoms with van der Waals surface area (Å²) in [7, 11) is 0. The molecule has 2 unspecified atom stereocenters. The summed E-state index contributed by atoms with van der Waals surface area (Å²) in [5, 5.41) is 0.997. The Kier molecular flexibility index (Phi) is 5.01. The summed E-state index contributed by atoms with van der Waals surface area (Å²) >= 11 is 1.62. The van der Waals surface area contributed by atoms with Gasteiger partial charge in [0.25, 0.3) is 0 Å². The molecular weight excluding hydrogens is 320 g/mol. The van der Waals surface area contributed by atoms with Crippen LogP contribution in [0.3, 0.4) is 0 Å². The predicted octanol–water partition coefficient (Wildman–Crippen LogP) is 3.61. The highest BCUT2D eigenvalue weighted by Crippen LogP contribution is 2.29. The van der Waals surface area contributed by atoms with Gasteiger partial charge in [-0.1, -0.05) is 29.8 Å². The Morgan fingerprint density at radius 3 is 2.71 bits per heavy atom. The summed E-state index contributed by atoms with van der Waals surface area (Å²) in [5.41, 5.74) is 3.25. The number of nitrogens with zero attached hydrogens (tertiary/aromatic N) is 2. The largest absolute Gasteiger partial charge is 0.375 e. The first-order valence-corrected chi connectivity index (χ1v) is 9.20. The van der Waals surface area contributed by atoms with Crippen molar-refractivity contribution in [3.8, 4) is 11.3 Å². The average Bonchev–Trinajstić information content (AvgIpc) is 2.91. The first-order valence-electron chi connectivity index (χ1n) is 8.38. The third kappa shape index (κ3) is 3.68. The van der Waals surface area contributed by atoms with Crippen molar-refractivity contribution in [2.24, 2.45) is 0 Å². The lowest BCUT2D eigenvalue weighted by Gasteiger charge is -2.36. The number of amides is 1. The number of aromatic nitrogens is 1. The first kappa shape index (κ1) is 17.1. The minimum atomic E-state index is 0.102. The molecule has 3 rings (SSSR count). The van der Waals surface area contributed by atoms with Gasteiger partial charge in [0.15, 0.2) is 0 Å². The van der Waals surface area contributed by atoms with Gasteiger partial charge in [0.1, 0.15) is 0 Å². The zero-order valence-corrected chi connectivity index (χ0v) is 15.5. The van der Waals surface area contributed by atoms with Crippen LogP contribution in [-0.4, -0.2) is 41.1 Å². The number of hydrogen-bond donors (Lipinski definition) is 0. The second-order valence-electron chi connectivity index (χ2n) is 6.59. The van der Waals surface area contributed by atoms with Crippen molar-refractivity contribution in [3.05, 3.63) is 39.7 Å². The number of thiazole rings is 1. The molecule has 1 saturated heterocycles. The van der Waals surface area contributed by atoms with Gasteiger partial charge < -0.3 is 9.64 Å². The highest BCUT2D eigenvalue weighted by molar-refractivity contribution is 7.12. The summed E-state index contributed by atoms with van der Waals surface area (Å²) in [6.45, 7) is 9.40. The number of rotatable bonds is 3. The number of aryl methyl sites for hydroxylation is 2. The number of hydrogen-bond acceptors (Lipinski definition) is 4. The zero-order chi connectivity index (χ0) is 17.3. The fourth-order valence-corrected chi connectivity index (χ4v) is 3.97. The average molecular weight is 344 g/mol. The Morgan fingerprint density at radius 1 is 1.29 bits per heavy atom. The molecule has 0 aliphatic carbocycles. The number of carbonyl (C=O) groups is 1. The maximum Gasteiger partial charge on any atom is 0.228 e. The second-order valence-corrected chi connectivity index (χ2v) is 7.87. The van der Waals surface area contributed by atoms with E-state index in [1.165, 1.54) is 5.56 Å². The summed E-state index contributed by atoms with van der Waals surface area (Å²) in [6.07, 6.45) is 0.510. The molecule has 1 amide bonds. The van der Waals surface area contributed by atoms with E-state index in [1.807, 2.05) is 25.7 Å². The van der Waals surface area contributed by atoms with E-state index in [0.29, 0.717) is 19.6 Å². The molecule has 0 N–H and O–H groups in total. The van der Waals surface area contributed by atoms with Gasteiger partial charge in [-0.05, 0) is 27.7 Å². The fourth-order valence-electron chi connectivity index (χ4n) is 3.02. The van der Waals surface area contributed by atoms with Gasteiger partial charge >= 0.3 is 0 Å². The van der Waals surface area contributed by atoms with E-state index in [9.17, 15) is 4.79 Å². The first-order chi connectivity index (χ1) is 11.4. The Morgan fingerprint density at radius 2 is 2.00 bits per heavy atom. The third-order valence-corrected chi connectivity index (χ3v) is 5.34. The van der Waals surface area contributed by atoms with Crippen molar-refractivity contribution >= 4 is 17.2 Å². The Balaban J connectivity index is 1.82. The van der Waals surface area contributed by atoms with Crippen LogP contribution in [-0.2, 0) is 16.0 Å². The molecule has 2 heterocycles. The molecule has 0 saturated carbocycles. The minimum absolute atomic E-state index is 0.102. The number of morpholine rings is 1. The quantitative estimate of drug-likeness (QED) is 0.854. The van der Waals surface area contributed by atoms with Gasteiger partial charge in [-0.2, -0.15) is 0 Å². The Hall–Kier alpha value is -1.72. The molecule has 0 spiro atoms. The lowest BCUT2D eigenvalue weighted by Crippen LogP contribution is -2.50. The van der Waals surface area contributed by atoms with Crippen LogP contribution in [0.2, 0.25) is 0 Å². The second kappa shape index (κ2) is 7.03. The van der Waals surface area contributed by atoms with Gasteiger partial charge in [0, 0.05) is 17.0 Å². The van der Waals surface area contributed by atoms with Crippen LogP contribution in [0.1, 0.15) is 29.3 Å². The zero-order valence-electron chi connectivity index (χ0n) is 14.7. The van der Waals surface area contributed by atoms with Gasteiger partial charge in [0.2, 0.25) is 5.91 Å². The maximum atomic E-state index is 12.8. The molecule has 0 radical (unpaired) electrons. The molecule has 1 fully saturated rings. The topological polar surface area (TPSA) is 42.4 Å². The van der Waals surface area contributed by atoms with Crippen molar-refractivity contribution in [1.82, 2.24) is 9.88 Å². The van der Waals surface area contributed by atoms with Crippen molar-refractivity contribution in [2.45, 2.75) is 46.3 Å². The molecule has 1 aliphatic heterocycles. The molecule has 1 aromatic heterocycles. The van der Waals surface area contributed by atoms with Gasteiger partial charge in [0.05, 0.1) is 35.9 Å². The van der Waals surface area contributed by atoms with Gasteiger partial charge in [-0.25, -0.2) is 4.98 Å². The number of ether oxygens (including phenoxy) is 1. The highest BCUT2D eigenvalue weighted by atomic mass is 32.1. The lowest BCUT2D eigenvalue weighted by atomic mass is 10.1. The number of carbonyl (C=O) groups excluding carboxylic acids is 1. The van der Waals surface area contributed by atoms with Crippen LogP contribution in [0.15, 0.2) is 24.3 Å². The molecule has 1 aliphatic rings. The molecule has 2 aromatic rings. The summed E-state index contributed by atoms with van der Waals surface area (Å²) < 4.78 is 5.63. The molecule has 0 bridgehead atoms. The SMILES string of the molecule is Cc1ccc(-c2nc(C)sc2CC(=O)N2CC(C)OCC2C)cc1. The lowest BCUT2D eigenvalue weighted by molar-refractivity contribution is -0.142. The van der Waals surface area contributed by atoms with Crippen LogP contribution >= 0.6 is 11.3 Å². The van der Waals surface area contributed by atoms with Crippen LogP contribution in [0.4, 0.5) is 0 Å². The number of benzene rings is 1. The molecule has 4 nitrogen and oxygen atoms in total. The van der Waals surface area contributed by atoms with Crippen LogP contribution in [0.25, 0.3) is 11.3 Å². The maximum absolute atomic E-state index is 12.8. The summed E-state index contributed by atoms with van der Waals surface area (Å²) in [6, 6.07) is 8.46. The summed E-state index contributed by atoms with van der Waals surface area (Å²) in [5.74, 6) is 0.162. The van der Waals surface area contributed by atoms with E-state index >= 15 is 0 Å². The Bertz CT molecular complexity index is 723. The van der Waals surface area contributed by atoms with Crippen molar-refractivity contribution < 1.29 is 9.53 Å². The van der Waals surface area contributed by atoms with Crippen LogP contribution in [0.5, 0.6) is 0 Å².